The van der Waals surface area contributed by atoms with Gasteiger partial charge in [-0.15, -0.1) is 0 Å². The molecule has 1 aromatic heterocycles. The van der Waals surface area contributed by atoms with Gasteiger partial charge in [-0.1, -0.05) is 71.0 Å². The highest BCUT2D eigenvalue weighted by molar-refractivity contribution is 7.20. The topological polar surface area (TPSA) is 66.4 Å². The lowest BCUT2D eigenvalue weighted by molar-refractivity contribution is -0.114. The summed E-state index contributed by atoms with van der Waals surface area (Å²) in [6.07, 6.45) is 1.63. The van der Waals surface area contributed by atoms with Crippen LogP contribution in [0.5, 0.6) is 0 Å². The first-order chi connectivity index (χ1) is 12.5. The molecule has 132 valence electrons. The number of benzene rings is 2. The zero-order valence-electron chi connectivity index (χ0n) is 14.3. The molecule has 1 amide bonds. The average molecular weight is 385 g/mol. The summed E-state index contributed by atoms with van der Waals surface area (Å²) in [4.78, 5) is 16.1. The van der Waals surface area contributed by atoms with Gasteiger partial charge in [-0.2, -0.15) is 5.10 Å². The molecule has 0 bridgehead atoms. The Morgan fingerprint density at radius 2 is 1.92 bits per heavy atom. The zero-order valence-corrected chi connectivity index (χ0v) is 15.9. The van der Waals surface area contributed by atoms with E-state index < -0.39 is 0 Å². The molecular weight excluding hydrogens is 368 g/mol. The van der Waals surface area contributed by atoms with Gasteiger partial charge >= 0.3 is 0 Å². The average Bonchev–Trinajstić information content (AvgIpc) is 2.99. The van der Waals surface area contributed by atoms with Crippen molar-refractivity contribution in [1.82, 2.24) is 4.98 Å². The van der Waals surface area contributed by atoms with Crippen molar-refractivity contribution in [2.45, 2.75) is 13.8 Å². The van der Waals surface area contributed by atoms with Crippen LogP contribution < -0.4 is 10.7 Å². The van der Waals surface area contributed by atoms with Crippen LogP contribution in [0.1, 0.15) is 18.1 Å². The van der Waals surface area contributed by atoms with Crippen LogP contribution in [0.4, 0.5) is 10.1 Å². The van der Waals surface area contributed by atoms with Gasteiger partial charge in [0.05, 0.1) is 6.21 Å². The van der Waals surface area contributed by atoms with Crippen molar-refractivity contribution in [1.29, 1.82) is 0 Å². The Bertz CT molecular complexity index is 950. The first-order valence-electron chi connectivity index (χ1n) is 7.92. The van der Waals surface area contributed by atoms with Crippen LogP contribution in [0, 0.1) is 6.92 Å². The lowest BCUT2D eigenvalue weighted by Crippen LogP contribution is -2.05. The number of hydrogen-bond donors (Lipinski definition) is 2. The first kappa shape index (κ1) is 18.1. The molecule has 26 heavy (non-hydrogen) atoms. The van der Waals surface area contributed by atoms with Crippen LogP contribution in [0.25, 0.3) is 11.3 Å². The van der Waals surface area contributed by atoms with Crippen molar-refractivity contribution in [3.8, 4) is 11.3 Å². The number of nitrogens with zero attached hydrogens (tertiary/aromatic N) is 2. The summed E-state index contributed by atoms with van der Waals surface area (Å²) in [5, 5.41) is 8.89. The molecule has 0 aliphatic rings. The molecule has 0 fully saturated rings. The molecule has 3 aromatic rings. The predicted molar refractivity (Wildman–Crippen MR) is 109 cm³/mol. The summed E-state index contributed by atoms with van der Waals surface area (Å²) in [6.45, 7) is 3.50. The first-order valence-corrected chi connectivity index (χ1v) is 9.11. The predicted octanol–water partition coefficient (Wildman–Crippen LogP) is 5.18. The highest BCUT2D eigenvalue weighted by Gasteiger charge is 2.14. The number of carbonyl (C=O) groups is 1. The number of hydrogen-bond acceptors (Lipinski definition) is 5. The molecule has 2 N–H and O–H groups in total. The molecule has 0 saturated carbocycles. The monoisotopic (exact) mass is 384 g/mol. The normalized spacial score (nSPS) is 10.9. The minimum atomic E-state index is -0.145. The summed E-state index contributed by atoms with van der Waals surface area (Å²) >= 11 is 7.43. The minimum Gasteiger partial charge on any atom is -0.316 e. The molecule has 2 aromatic carbocycles. The second kappa shape index (κ2) is 8.12. The summed E-state index contributed by atoms with van der Waals surface area (Å²) in [5.41, 5.74) is 6.51. The Morgan fingerprint density at radius 1 is 1.19 bits per heavy atom. The SMILES string of the molecule is CC(=O)Nc1sc(NN=Cc2ccccc2Cl)nc1-c1ccc(C)cc1. The lowest BCUT2D eigenvalue weighted by atomic mass is 10.1. The lowest BCUT2D eigenvalue weighted by Gasteiger charge is -2.02. The molecule has 7 heteroatoms. The fraction of sp³-hybridized carbons (Fsp3) is 0.105. The molecule has 3 rings (SSSR count). The Labute approximate surface area is 160 Å². The van der Waals surface area contributed by atoms with Gasteiger partial charge in [0.2, 0.25) is 11.0 Å². The van der Waals surface area contributed by atoms with E-state index in [4.69, 9.17) is 11.6 Å². The van der Waals surface area contributed by atoms with E-state index in [-0.39, 0.29) is 5.91 Å². The molecule has 5 nitrogen and oxygen atoms in total. The van der Waals surface area contributed by atoms with Crippen molar-refractivity contribution in [3.63, 3.8) is 0 Å². The summed E-state index contributed by atoms with van der Waals surface area (Å²) in [6, 6.07) is 15.4. The molecular formula is C19H17ClN4OS. The number of thiazole rings is 1. The molecule has 0 aliphatic heterocycles. The van der Waals surface area contributed by atoms with E-state index in [0.29, 0.717) is 20.8 Å². The number of aromatic nitrogens is 1. The number of carbonyl (C=O) groups excluding carboxylic acids is 1. The van der Waals surface area contributed by atoms with Crippen LogP contribution in [-0.4, -0.2) is 17.1 Å². The standard InChI is InChI=1S/C19H17ClN4OS/c1-12-7-9-14(10-8-12)17-18(22-13(2)25)26-19(23-17)24-21-11-15-5-3-4-6-16(15)20/h3-11H,1-2H3,(H,22,25)(H,23,24). The largest absolute Gasteiger partial charge is 0.316 e. The van der Waals surface area contributed by atoms with Gasteiger partial charge in [-0.05, 0) is 13.0 Å². The maximum Gasteiger partial charge on any atom is 0.221 e. The second-order valence-electron chi connectivity index (χ2n) is 5.64. The fourth-order valence-electron chi connectivity index (χ4n) is 2.26. The van der Waals surface area contributed by atoms with E-state index in [9.17, 15) is 4.79 Å². The molecule has 0 radical (unpaired) electrons. The number of rotatable bonds is 5. The third-order valence-electron chi connectivity index (χ3n) is 3.51. The van der Waals surface area contributed by atoms with Gasteiger partial charge in [-0.25, -0.2) is 4.98 Å². The molecule has 0 atom stereocenters. The van der Waals surface area contributed by atoms with E-state index in [1.165, 1.54) is 18.3 Å². The van der Waals surface area contributed by atoms with Crippen LogP contribution in [0.3, 0.4) is 0 Å². The maximum atomic E-state index is 11.5. The quantitative estimate of drug-likeness (QED) is 0.470. The van der Waals surface area contributed by atoms with Gasteiger partial charge < -0.3 is 5.32 Å². The van der Waals surface area contributed by atoms with Gasteiger partial charge in [0.15, 0.2) is 0 Å². The number of anilines is 2. The van der Waals surface area contributed by atoms with Crippen molar-refractivity contribution < 1.29 is 4.79 Å². The van der Waals surface area contributed by atoms with E-state index in [1.54, 1.807) is 12.3 Å². The van der Waals surface area contributed by atoms with Crippen molar-refractivity contribution in [2.75, 3.05) is 10.7 Å². The maximum absolute atomic E-state index is 11.5. The van der Waals surface area contributed by atoms with E-state index in [1.807, 2.05) is 49.4 Å². The van der Waals surface area contributed by atoms with Crippen LogP contribution in [-0.2, 0) is 4.79 Å². The van der Waals surface area contributed by atoms with Crippen LogP contribution in [0.2, 0.25) is 5.02 Å². The third kappa shape index (κ3) is 4.47. The zero-order chi connectivity index (χ0) is 18.5. The molecule has 1 heterocycles. The summed E-state index contributed by atoms with van der Waals surface area (Å²) in [7, 11) is 0. The van der Waals surface area contributed by atoms with E-state index >= 15 is 0 Å². The third-order valence-corrected chi connectivity index (χ3v) is 4.73. The van der Waals surface area contributed by atoms with E-state index in [2.05, 4.69) is 20.8 Å². The van der Waals surface area contributed by atoms with Crippen molar-refractivity contribution in [2.24, 2.45) is 5.10 Å². The van der Waals surface area contributed by atoms with E-state index in [0.717, 1.165) is 16.7 Å². The van der Waals surface area contributed by atoms with Gasteiger partial charge in [0.1, 0.15) is 10.7 Å². The number of aryl methyl sites for hydroxylation is 1. The Balaban J connectivity index is 1.85. The van der Waals surface area contributed by atoms with Gasteiger partial charge in [0.25, 0.3) is 0 Å². The molecule has 0 saturated heterocycles. The van der Waals surface area contributed by atoms with Crippen LogP contribution in [0.15, 0.2) is 53.6 Å². The summed E-state index contributed by atoms with van der Waals surface area (Å²) in [5.74, 6) is -0.145. The Hall–Kier alpha value is -2.70. The van der Waals surface area contributed by atoms with Crippen molar-refractivity contribution >= 4 is 45.2 Å². The number of nitrogens with one attached hydrogen (secondary N) is 2. The highest BCUT2D eigenvalue weighted by atomic mass is 35.5. The number of hydrazone groups is 1. The van der Waals surface area contributed by atoms with Crippen molar-refractivity contribution in [3.05, 3.63) is 64.7 Å². The summed E-state index contributed by atoms with van der Waals surface area (Å²) < 4.78 is 0. The minimum absolute atomic E-state index is 0.145. The number of amides is 1. The smallest absolute Gasteiger partial charge is 0.221 e. The van der Waals surface area contributed by atoms with Gasteiger partial charge in [0, 0.05) is 23.1 Å². The molecule has 0 unspecified atom stereocenters. The Morgan fingerprint density at radius 3 is 2.62 bits per heavy atom. The fourth-order valence-corrected chi connectivity index (χ4v) is 3.32. The molecule has 0 aliphatic carbocycles. The molecule has 0 spiro atoms. The van der Waals surface area contributed by atoms with Gasteiger partial charge in [-0.3, -0.25) is 10.2 Å². The number of halogens is 1. The second-order valence-corrected chi connectivity index (χ2v) is 7.04. The van der Waals surface area contributed by atoms with Crippen LogP contribution >= 0.6 is 22.9 Å². The Kier molecular flexibility index (Phi) is 5.65. The highest BCUT2D eigenvalue weighted by Crippen LogP contribution is 2.36.